The third kappa shape index (κ3) is 4.56. The molecule has 0 aliphatic rings. The second-order valence-electron chi connectivity index (χ2n) is 6.45. The van der Waals surface area contributed by atoms with E-state index in [9.17, 15) is 4.79 Å². The first kappa shape index (κ1) is 17.0. The van der Waals surface area contributed by atoms with Gasteiger partial charge in [-0.2, -0.15) is 5.10 Å². The van der Waals surface area contributed by atoms with E-state index in [2.05, 4.69) is 29.4 Å². The van der Waals surface area contributed by atoms with Gasteiger partial charge in [-0.25, -0.2) is 0 Å². The monoisotopic (exact) mass is 338 g/mol. The lowest BCUT2D eigenvalue weighted by atomic mass is 10.1. The minimum absolute atomic E-state index is 0.216. The largest absolute Gasteiger partial charge is 0.351 e. The van der Waals surface area contributed by atoms with Crippen LogP contribution in [0, 0.1) is 5.92 Å². The number of amides is 1. The number of nitrogens with one attached hydrogen (secondary N) is 1. The van der Waals surface area contributed by atoms with Gasteiger partial charge in [0.05, 0.1) is 18.3 Å². The fourth-order valence-corrected chi connectivity index (χ4v) is 2.68. The van der Waals surface area contributed by atoms with Crippen molar-refractivity contribution in [2.24, 2.45) is 5.92 Å². The van der Waals surface area contributed by atoms with Crippen molar-refractivity contribution in [2.45, 2.75) is 32.9 Å². The van der Waals surface area contributed by atoms with E-state index in [1.807, 2.05) is 42.6 Å². The first-order valence-electron chi connectivity index (χ1n) is 8.40. The van der Waals surface area contributed by atoms with Gasteiger partial charge in [0.25, 0.3) is 5.91 Å². The Morgan fingerprint density at radius 2 is 2.04 bits per heavy atom. The van der Waals surface area contributed by atoms with Crippen LogP contribution in [0.1, 0.15) is 41.7 Å². The summed E-state index contributed by atoms with van der Waals surface area (Å²) < 4.78 is 7.01. The Morgan fingerprint density at radius 1 is 1.24 bits per heavy atom. The number of benzene rings is 1. The highest BCUT2D eigenvalue weighted by atomic mass is 16.5. The van der Waals surface area contributed by atoms with E-state index in [-0.39, 0.29) is 17.7 Å². The van der Waals surface area contributed by atoms with Gasteiger partial charge in [-0.1, -0.05) is 49.3 Å². The number of hydrogen-bond acceptors (Lipinski definition) is 4. The summed E-state index contributed by atoms with van der Waals surface area (Å²) in [4.78, 5) is 12.6. The van der Waals surface area contributed by atoms with E-state index in [4.69, 9.17) is 4.52 Å². The highest BCUT2D eigenvalue weighted by molar-refractivity contribution is 5.91. The van der Waals surface area contributed by atoms with Gasteiger partial charge in [0.15, 0.2) is 0 Å². The summed E-state index contributed by atoms with van der Waals surface area (Å²) in [6.07, 6.45) is 4.38. The highest BCUT2D eigenvalue weighted by Crippen LogP contribution is 2.16. The second-order valence-corrected chi connectivity index (χ2v) is 6.45. The van der Waals surface area contributed by atoms with Crippen molar-refractivity contribution in [1.82, 2.24) is 20.3 Å². The van der Waals surface area contributed by atoms with Crippen LogP contribution >= 0.6 is 0 Å². The van der Waals surface area contributed by atoms with Crippen LogP contribution in [0.4, 0.5) is 0 Å². The maximum atomic E-state index is 12.6. The molecule has 6 nitrogen and oxygen atoms in total. The van der Waals surface area contributed by atoms with E-state index >= 15 is 0 Å². The van der Waals surface area contributed by atoms with Crippen LogP contribution in [-0.4, -0.2) is 20.8 Å². The topological polar surface area (TPSA) is 73.0 Å². The first-order chi connectivity index (χ1) is 12.1. The molecule has 1 amide bonds. The maximum Gasteiger partial charge on any atom is 0.290 e. The number of aromatic nitrogens is 3. The Hall–Kier alpha value is -2.89. The van der Waals surface area contributed by atoms with Gasteiger partial charge in [0.2, 0.25) is 5.76 Å². The van der Waals surface area contributed by atoms with Gasteiger partial charge < -0.3 is 9.84 Å². The van der Waals surface area contributed by atoms with Gasteiger partial charge in [0.1, 0.15) is 0 Å². The average Bonchev–Trinajstić information content (AvgIpc) is 3.26. The van der Waals surface area contributed by atoms with E-state index in [1.165, 1.54) is 0 Å². The molecule has 1 atom stereocenters. The average molecular weight is 338 g/mol. The summed E-state index contributed by atoms with van der Waals surface area (Å²) in [7, 11) is 0. The Morgan fingerprint density at radius 3 is 2.72 bits per heavy atom. The molecular formula is C19H22N4O2. The van der Waals surface area contributed by atoms with Crippen molar-refractivity contribution in [2.75, 3.05) is 0 Å². The third-order valence-corrected chi connectivity index (χ3v) is 3.84. The Kier molecular flexibility index (Phi) is 5.28. The molecule has 0 saturated heterocycles. The fourth-order valence-electron chi connectivity index (χ4n) is 2.68. The molecule has 0 radical (unpaired) electrons. The van der Waals surface area contributed by atoms with E-state index in [0.717, 1.165) is 17.7 Å². The molecule has 130 valence electrons. The smallest absolute Gasteiger partial charge is 0.290 e. The summed E-state index contributed by atoms with van der Waals surface area (Å²) in [5.41, 5.74) is 1.80. The van der Waals surface area contributed by atoms with Crippen molar-refractivity contribution < 1.29 is 9.32 Å². The molecule has 25 heavy (non-hydrogen) atoms. The number of hydrogen-bond donors (Lipinski definition) is 1. The predicted molar refractivity (Wildman–Crippen MR) is 93.9 cm³/mol. The number of rotatable bonds is 7. The van der Waals surface area contributed by atoms with Crippen LogP contribution in [0.3, 0.4) is 0 Å². The van der Waals surface area contributed by atoms with Crippen LogP contribution in [0.25, 0.3) is 0 Å². The van der Waals surface area contributed by atoms with Crippen LogP contribution in [0.5, 0.6) is 0 Å². The Bertz CT molecular complexity index is 794. The van der Waals surface area contributed by atoms with Crippen LogP contribution in [-0.2, 0) is 13.0 Å². The maximum absolute atomic E-state index is 12.6. The molecule has 6 heteroatoms. The quantitative estimate of drug-likeness (QED) is 0.718. The predicted octanol–water partition coefficient (Wildman–Crippen LogP) is 3.24. The molecule has 0 aliphatic heterocycles. The molecular weight excluding hydrogens is 316 g/mol. The van der Waals surface area contributed by atoms with Crippen molar-refractivity contribution >= 4 is 5.91 Å². The lowest BCUT2D eigenvalue weighted by Gasteiger charge is -2.18. The van der Waals surface area contributed by atoms with Crippen molar-refractivity contribution in [3.63, 3.8) is 0 Å². The molecule has 0 fully saturated rings. The van der Waals surface area contributed by atoms with Gasteiger partial charge >= 0.3 is 0 Å². The zero-order valence-corrected chi connectivity index (χ0v) is 14.4. The van der Waals surface area contributed by atoms with Gasteiger partial charge in [-0.05, 0) is 24.0 Å². The van der Waals surface area contributed by atoms with Crippen LogP contribution in [0.15, 0.2) is 59.4 Å². The molecule has 1 N–H and O–H groups in total. The van der Waals surface area contributed by atoms with E-state index in [1.54, 1.807) is 16.9 Å². The molecule has 0 aliphatic carbocycles. The van der Waals surface area contributed by atoms with Crippen molar-refractivity contribution in [1.29, 1.82) is 0 Å². The van der Waals surface area contributed by atoms with Crippen molar-refractivity contribution in [3.05, 3.63) is 71.9 Å². The van der Waals surface area contributed by atoms with Crippen LogP contribution < -0.4 is 5.32 Å². The summed E-state index contributed by atoms with van der Waals surface area (Å²) in [6, 6.07) is 13.2. The summed E-state index contributed by atoms with van der Waals surface area (Å²) in [6.45, 7) is 4.74. The summed E-state index contributed by atoms with van der Waals surface area (Å²) in [5, 5.41) is 11.2. The standard InChI is InChI=1S/C19H22N4O2/c1-14(2)11-16-12-18(25-22-16)19(24)21-17(13-23-10-6-9-20-23)15-7-4-3-5-8-15/h3-10,12,14,17H,11,13H2,1-2H3,(H,21,24)/t17-/m1/s1. The minimum Gasteiger partial charge on any atom is -0.351 e. The highest BCUT2D eigenvalue weighted by Gasteiger charge is 2.20. The molecule has 3 rings (SSSR count). The summed E-state index contributed by atoms with van der Waals surface area (Å²) >= 11 is 0. The molecule has 2 heterocycles. The Labute approximate surface area is 146 Å². The summed E-state index contributed by atoms with van der Waals surface area (Å²) in [5.74, 6) is 0.415. The fraction of sp³-hybridized carbons (Fsp3) is 0.316. The van der Waals surface area contributed by atoms with Gasteiger partial charge in [0, 0.05) is 18.5 Å². The normalized spacial score (nSPS) is 12.3. The lowest BCUT2D eigenvalue weighted by Crippen LogP contribution is -2.31. The molecule has 0 unspecified atom stereocenters. The Balaban J connectivity index is 1.75. The zero-order valence-electron chi connectivity index (χ0n) is 14.4. The molecule has 0 spiro atoms. The number of nitrogens with zero attached hydrogens (tertiary/aromatic N) is 3. The van der Waals surface area contributed by atoms with E-state index < -0.39 is 0 Å². The zero-order chi connectivity index (χ0) is 17.6. The molecule has 0 bridgehead atoms. The first-order valence-corrected chi connectivity index (χ1v) is 8.40. The van der Waals surface area contributed by atoms with Gasteiger partial charge in [-0.15, -0.1) is 0 Å². The molecule has 0 saturated carbocycles. The SMILES string of the molecule is CC(C)Cc1cc(C(=O)N[C@H](Cn2cccn2)c2ccccc2)on1. The minimum atomic E-state index is -0.275. The molecule has 2 aromatic heterocycles. The third-order valence-electron chi connectivity index (χ3n) is 3.84. The van der Waals surface area contributed by atoms with Crippen LogP contribution in [0.2, 0.25) is 0 Å². The number of carbonyl (C=O) groups is 1. The van der Waals surface area contributed by atoms with Crippen molar-refractivity contribution in [3.8, 4) is 0 Å². The molecule has 1 aromatic carbocycles. The van der Waals surface area contributed by atoms with Gasteiger partial charge in [-0.3, -0.25) is 9.48 Å². The number of carbonyl (C=O) groups excluding carboxylic acids is 1. The van der Waals surface area contributed by atoms with E-state index in [0.29, 0.717) is 12.5 Å². The lowest BCUT2D eigenvalue weighted by molar-refractivity contribution is 0.0894. The second kappa shape index (κ2) is 7.79. The molecule has 3 aromatic rings.